The minimum atomic E-state index is -0.194. The van der Waals surface area contributed by atoms with E-state index in [9.17, 15) is 4.79 Å². The number of anilines is 1. The van der Waals surface area contributed by atoms with Crippen LogP contribution in [0.15, 0.2) is 84.9 Å². The molecule has 0 atom stereocenters. The first kappa shape index (κ1) is 20.2. The molecule has 0 bridgehead atoms. The highest BCUT2D eigenvalue weighted by molar-refractivity contribution is 6.02. The first-order chi connectivity index (χ1) is 14.2. The normalized spacial score (nSPS) is 10.7. The minimum Gasteiger partial charge on any atom is -0.494 e. The quantitative estimate of drug-likeness (QED) is 0.503. The van der Waals surface area contributed by atoms with Crippen LogP contribution in [0.1, 0.15) is 18.1 Å². The monoisotopic (exact) mass is 387 g/mol. The van der Waals surface area contributed by atoms with Crippen molar-refractivity contribution >= 4 is 17.7 Å². The fourth-order valence-electron chi connectivity index (χ4n) is 2.79. The van der Waals surface area contributed by atoms with E-state index in [1.54, 1.807) is 6.08 Å². The predicted molar refractivity (Wildman–Crippen MR) is 117 cm³/mol. The molecule has 0 saturated heterocycles. The Morgan fingerprint density at radius 2 is 1.69 bits per heavy atom. The zero-order valence-corrected chi connectivity index (χ0v) is 16.5. The lowest BCUT2D eigenvalue weighted by Crippen LogP contribution is -2.08. The van der Waals surface area contributed by atoms with E-state index < -0.39 is 0 Å². The Balaban J connectivity index is 1.50. The van der Waals surface area contributed by atoms with Gasteiger partial charge in [-0.15, -0.1) is 0 Å². The second-order valence-electron chi connectivity index (χ2n) is 6.44. The van der Waals surface area contributed by atoms with Crippen molar-refractivity contribution in [2.75, 3.05) is 18.5 Å². The molecule has 3 aromatic rings. The van der Waals surface area contributed by atoms with Crippen LogP contribution in [0.25, 0.3) is 6.08 Å². The summed E-state index contributed by atoms with van der Waals surface area (Å²) in [6.45, 7) is 3.16. The summed E-state index contributed by atoms with van der Waals surface area (Å²) in [6.07, 6.45) is 4.12. The van der Waals surface area contributed by atoms with Gasteiger partial charge >= 0.3 is 0 Å². The summed E-state index contributed by atoms with van der Waals surface area (Å²) in [5.41, 5.74) is 2.86. The van der Waals surface area contributed by atoms with Crippen LogP contribution >= 0.6 is 0 Å². The zero-order valence-electron chi connectivity index (χ0n) is 16.5. The summed E-state index contributed by atoms with van der Waals surface area (Å²) in [6, 6.07) is 25.2. The molecule has 0 unspecified atom stereocenters. The van der Waals surface area contributed by atoms with Gasteiger partial charge in [0.2, 0.25) is 5.91 Å². The van der Waals surface area contributed by atoms with Crippen LogP contribution in [0.5, 0.6) is 11.5 Å². The van der Waals surface area contributed by atoms with Crippen LogP contribution in [0.2, 0.25) is 0 Å². The van der Waals surface area contributed by atoms with Crippen molar-refractivity contribution < 1.29 is 14.3 Å². The second kappa shape index (κ2) is 10.7. The number of carbonyl (C=O) groups is 1. The fourth-order valence-corrected chi connectivity index (χ4v) is 2.79. The number of amides is 1. The topological polar surface area (TPSA) is 47.6 Å². The number of benzene rings is 3. The molecule has 0 spiro atoms. The lowest BCUT2D eigenvalue weighted by Gasteiger charge is -2.08. The van der Waals surface area contributed by atoms with Crippen molar-refractivity contribution in [3.05, 3.63) is 96.1 Å². The molecular formula is C25H25NO3. The molecule has 0 saturated carbocycles. The van der Waals surface area contributed by atoms with Crippen molar-refractivity contribution in [2.24, 2.45) is 0 Å². The molecule has 0 aliphatic carbocycles. The molecule has 0 fully saturated rings. The van der Waals surface area contributed by atoms with Gasteiger partial charge < -0.3 is 14.8 Å². The summed E-state index contributed by atoms with van der Waals surface area (Å²) in [5.74, 6) is 1.35. The lowest BCUT2D eigenvalue weighted by atomic mass is 10.2. The summed E-state index contributed by atoms with van der Waals surface area (Å²) < 4.78 is 11.2. The molecular weight excluding hydrogens is 362 g/mol. The van der Waals surface area contributed by atoms with E-state index in [0.29, 0.717) is 18.9 Å². The van der Waals surface area contributed by atoms with E-state index in [4.69, 9.17) is 9.47 Å². The number of nitrogens with one attached hydrogen (secondary N) is 1. The first-order valence-electron chi connectivity index (χ1n) is 9.71. The van der Waals surface area contributed by atoms with Crippen LogP contribution in [0.4, 0.5) is 5.69 Å². The maximum absolute atomic E-state index is 12.2. The molecule has 0 aliphatic rings. The molecule has 4 heteroatoms. The molecule has 0 heterocycles. The number of rotatable bonds is 9. The lowest BCUT2D eigenvalue weighted by molar-refractivity contribution is -0.111. The Hall–Kier alpha value is -3.53. The molecule has 3 aromatic carbocycles. The maximum atomic E-state index is 12.2. The Morgan fingerprint density at radius 1 is 0.897 bits per heavy atom. The summed E-state index contributed by atoms with van der Waals surface area (Å²) >= 11 is 0. The molecule has 0 aliphatic heterocycles. The number of ether oxygens (including phenoxy) is 2. The Morgan fingerprint density at radius 3 is 2.45 bits per heavy atom. The van der Waals surface area contributed by atoms with Gasteiger partial charge in [0.25, 0.3) is 0 Å². The number of carbonyl (C=O) groups excluding carboxylic acids is 1. The average Bonchev–Trinajstić information content (AvgIpc) is 2.75. The van der Waals surface area contributed by atoms with Gasteiger partial charge in [-0.25, -0.2) is 0 Å². The summed E-state index contributed by atoms with van der Waals surface area (Å²) in [7, 11) is 0. The van der Waals surface area contributed by atoms with Crippen molar-refractivity contribution in [3.63, 3.8) is 0 Å². The minimum absolute atomic E-state index is 0.194. The molecule has 29 heavy (non-hydrogen) atoms. The van der Waals surface area contributed by atoms with Gasteiger partial charge in [0, 0.05) is 24.3 Å². The van der Waals surface area contributed by atoms with Crippen LogP contribution in [0, 0.1) is 0 Å². The standard InChI is InChI=1S/C25H25NO3/c1-2-28-23-14-11-21(12-15-23)13-16-25(27)26-22-9-6-10-24(19-22)29-18-17-20-7-4-3-5-8-20/h3-16,19H,2,17-18H2,1H3,(H,26,27)/b16-13+. The highest BCUT2D eigenvalue weighted by Gasteiger charge is 2.01. The van der Waals surface area contributed by atoms with E-state index in [1.165, 1.54) is 11.6 Å². The molecule has 148 valence electrons. The van der Waals surface area contributed by atoms with E-state index in [0.717, 1.165) is 23.5 Å². The van der Waals surface area contributed by atoms with Gasteiger partial charge in [0.1, 0.15) is 11.5 Å². The number of hydrogen-bond acceptors (Lipinski definition) is 3. The van der Waals surface area contributed by atoms with E-state index in [2.05, 4.69) is 17.4 Å². The Bertz CT molecular complexity index is 934. The molecule has 1 amide bonds. The van der Waals surface area contributed by atoms with Crippen LogP contribution < -0.4 is 14.8 Å². The summed E-state index contributed by atoms with van der Waals surface area (Å²) in [4.78, 5) is 12.2. The third kappa shape index (κ3) is 6.85. The van der Waals surface area contributed by atoms with Crippen molar-refractivity contribution in [1.82, 2.24) is 0 Å². The summed E-state index contributed by atoms with van der Waals surface area (Å²) in [5, 5.41) is 2.86. The van der Waals surface area contributed by atoms with E-state index >= 15 is 0 Å². The largest absolute Gasteiger partial charge is 0.494 e. The van der Waals surface area contributed by atoms with Gasteiger partial charge in [0.15, 0.2) is 0 Å². The van der Waals surface area contributed by atoms with Crippen molar-refractivity contribution in [3.8, 4) is 11.5 Å². The van der Waals surface area contributed by atoms with Gasteiger partial charge in [-0.05, 0) is 48.4 Å². The highest BCUT2D eigenvalue weighted by atomic mass is 16.5. The molecule has 4 nitrogen and oxygen atoms in total. The van der Waals surface area contributed by atoms with E-state index in [-0.39, 0.29) is 5.91 Å². The number of hydrogen-bond donors (Lipinski definition) is 1. The third-order valence-electron chi connectivity index (χ3n) is 4.22. The van der Waals surface area contributed by atoms with Gasteiger partial charge in [0.05, 0.1) is 13.2 Å². The molecule has 0 aromatic heterocycles. The average molecular weight is 387 g/mol. The van der Waals surface area contributed by atoms with Gasteiger partial charge in [-0.3, -0.25) is 4.79 Å². The smallest absolute Gasteiger partial charge is 0.248 e. The van der Waals surface area contributed by atoms with E-state index in [1.807, 2.05) is 73.7 Å². The zero-order chi connectivity index (χ0) is 20.3. The van der Waals surface area contributed by atoms with Crippen LogP contribution in [-0.4, -0.2) is 19.1 Å². The third-order valence-corrected chi connectivity index (χ3v) is 4.22. The SMILES string of the molecule is CCOc1ccc(/C=C/C(=O)Nc2cccc(OCCc3ccccc3)c2)cc1. The predicted octanol–water partition coefficient (Wildman–Crippen LogP) is 5.36. The van der Waals surface area contributed by atoms with Gasteiger partial charge in [-0.2, -0.15) is 0 Å². The van der Waals surface area contributed by atoms with Gasteiger partial charge in [-0.1, -0.05) is 48.5 Å². The maximum Gasteiger partial charge on any atom is 0.248 e. The molecule has 0 radical (unpaired) electrons. The van der Waals surface area contributed by atoms with Crippen LogP contribution in [-0.2, 0) is 11.2 Å². The first-order valence-corrected chi connectivity index (χ1v) is 9.71. The van der Waals surface area contributed by atoms with Crippen LogP contribution in [0.3, 0.4) is 0 Å². The second-order valence-corrected chi connectivity index (χ2v) is 6.44. The Labute approximate surface area is 171 Å². The molecule has 3 rings (SSSR count). The molecule has 1 N–H and O–H groups in total. The Kier molecular flexibility index (Phi) is 7.47. The van der Waals surface area contributed by atoms with Crippen molar-refractivity contribution in [2.45, 2.75) is 13.3 Å². The fraction of sp³-hybridized carbons (Fsp3) is 0.160. The highest BCUT2D eigenvalue weighted by Crippen LogP contribution is 2.18. The van der Waals surface area contributed by atoms with Crippen molar-refractivity contribution in [1.29, 1.82) is 0 Å².